The van der Waals surface area contributed by atoms with Crippen LogP contribution in [0.5, 0.6) is 5.75 Å². The Labute approximate surface area is 162 Å². The van der Waals surface area contributed by atoms with Crippen molar-refractivity contribution in [1.82, 2.24) is 10.2 Å². The van der Waals surface area contributed by atoms with Gasteiger partial charge in [-0.05, 0) is 56.2 Å². The Morgan fingerprint density at radius 1 is 1.26 bits per heavy atom. The van der Waals surface area contributed by atoms with E-state index in [-0.39, 0.29) is 0 Å². The predicted octanol–water partition coefficient (Wildman–Crippen LogP) is 2.56. The van der Waals surface area contributed by atoms with Crippen LogP contribution in [0.4, 0.5) is 0 Å². The minimum atomic E-state index is 0.311. The Morgan fingerprint density at radius 2 is 2.04 bits per heavy atom. The molecule has 1 unspecified atom stereocenters. The van der Waals surface area contributed by atoms with Gasteiger partial charge in [0.2, 0.25) is 0 Å². The van der Waals surface area contributed by atoms with E-state index < -0.39 is 0 Å². The SMILES string of the molecule is CN=C(NCCCc1ccc(O)cc1)N1CCC(OCC2CCCO2)CC1. The first-order chi connectivity index (χ1) is 13.2. The van der Waals surface area contributed by atoms with Crippen LogP contribution in [0.2, 0.25) is 0 Å². The highest BCUT2D eigenvalue weighted by molar-refractivity contribution is 5.79. The van der Waals surface area contributed by atoms with Gasteiger partial charge in [0.25, 0.3) is 0 Å². The fourth-order valence-corrected chi connectivity index (χ4v) is 3.74. The zero-order valence-corrected chi connectivity index (χ0v) is 16.4. The Morgan fingerprint density at radius 3 is 2.70 bits per heavy atom. The number of phenols is 1. The van der Waals surface area contributed by atoms with Crippen molar-refractivity contribution >= 4 is 5.96 Å². The lowest BCUT2D eigenvalue weighted by Crippen LogP contribution is -2.47. The number of aromatic hydroxyl groups is 1. The number of nitrogens with one attached hydrogen (secondary N) is 1. The molecule has 0 aromatic heterocycles. The summed E-state index contributed by atoms with van der Waals surface area (Å²) in [6.45, 7) is 4.49. The summed E-state index contributed by atoms with van der Waals surface area (Å²) < 4.78 is 11.7. The molecule has 1 atom stereocenters. The van der Waals surface area contributed by atoms with Crippen LogP contribution in [0.25, 0.3) is 0 Å². The van der Waals surface area contributed by atoms with Crippen LogP contribution in [-0.2, 0) is 15.9 Å². The normalized spacial score (nSPS) is 21.6. The number of hydrogen-bond donors (Lipinski definition) is 2. The van der Waals surface area contributed by atoms with Crippen molar-refractivity contribution in [2.24, 2.45) is 4.99 Å². The summed E-state index contributed by atoms with van der Waals surface area (Å²) in [4.78, 5) is 6.77. The van der Waals surface area contributed by atoms with Gasteiger partial charge < -0.3 is 24.8 Å². The zero-order valence-electron chi connectivity index (χ0n) is 16.4. The first-order valence-corrected chi connectivity index (χ1v) is 10.2. The molecule has 2 saturated heterocycles. The second kappa shape index (κ2) is 10.5. The van der Waals surface area contributed by atoms with E-state index in [0.717, 1.165) is 70.9 Å². The van der Waals surface area contributed by atoms with Gasteiger partial charge in [-0.1, -0.05) is 12.1 Å². The number of likely N-dealkylation sites (tertiary alicyclic amines) is 1. The Hall–Kier alpha value is -1.79. The van der Waals surface area contributed by atoms with Crippen LogP contribution < -0.4 is 5.32 Å². The van der Waals surface area contributed by atoms with Gasteiger partial charge in [-0.3, -0.25) is 4.99 Å². The maximum atomic E-state index is 9.34. The van der Waals surface area contributed by atoms with Crippen LogP contribution in [0.15, 0.2) is 29.3 Å². The molecular weight excluding hydrogens is 342 g/mol. The summed E-state index contributed by atoms with van der Waals surface area (Å²) in [5.74, 6) is 1.30. The first kappa shape index (κ1) is 20.0. The number of phenolic OH excluding ortho intramolecular Hbond substituents is 1. The quantitative estimate of drug-likeness (QED) is 0.436. The summed E-state index contributed by atoms with van der Waals surface area (Å²) in [6, 6.07) is 7.44. The second-order valence-electron chi connectivity index (χ2n) is 7.40. The maximum Gasteiger partial charge on any atom is 0.193 e. The number of rotatable bonds is 7. The number of aliphatic imine (C=N–C) groups is 1. The first-order valence-electron chi connectivity index (χ1n) is 10.2. The van der Waals surface area contributed by atoms with Crippen molar-refractivity contribution in [1.29, 1.82) is 0 Å². The van der Waals surface area contributed by atoms with Crippen LogP contribution in [-0.4, -0.2) is 68.1 Å². The van der Waals surface area contributed by atoms with Crippen LogP contribution >= 0.6 is 0 Å². The van der Waals surface area contributed by atoms with E-state index in [0.29, 0.717) is 18.0 Å². The van der Waals surface area contributed by atoms with E-state index in [4.69, 9.17) is 9.47 Å². The lowest BCUT2D eigenvalue weighted by Gasteiger charge is -2.34. The molecule has 2 aliphatic heterocycles. The van der Waals surface area contributed by atoms with Gasteiger partial charge in [0.1, 0.15) is 5.75 Å². The van der Waals surface area contributed by atoms with E-state index in [1.54, 1.807) is 12.1 Å². The lowest BCUT2D eigenvalue weighted by atomic mass is 10.1. The van der Waals surface area contributed by atoms with Gasteiger partial charge in [-0.25, -0.2) is 0 Å². The highest BCUT2D eigenvalue weighted by Gasteiger charge is 2.24. The third-order valence-corrected chi connectivity index (χ3v) is 5.36. The molecule has 2 aliphatic rings. The molecule has 0 aliphatic carbocycles. The van der Waals surface area contributed by atoms with Gasteiger partial charge >= 0.3 is 0 Å². The van der Waals surface area contributed by atoms with E-state index in [1.165, 1.54) is 12.0 Å². The molecule has 2 heterocycles. The molecule has 1 aromatic rings. The van der Waals surface area contributed by atoms with Gasteiger partial charge in [0, 0.05) is 33.3 Å². The van der Waals surface area contributed by atoms with Gasteiger partial charge in [-0.2, -0.15) is 0 Å². The largest absolute Gasteiger partial charge is 0.508 e. The van der Waals surface area contributed by atoms with E-state index in [9.17, 15) is 5.11 Å². The maximum absolute atomic E-state index is 9.34. The monoisotopic (exact) mass is 375 g/mol. The third-order valence-electron chi connectivity index (χ3n) is 5.36. The highest BCUT2D eigenvalue weighted by Crippen LogP contribution is 2.18. The summed E-state index contributed by atoms with van der Waals surface area (Å²) >= 11 is 0. The van der Waals surface area contributed by atoms with Crippen LogP contribution in [0, 0.1) is 0 Å². The molecule has 0 saturated carbocycles. The average Bonchev–Trinajstić information content (AvgIpc) is 3.22. The molecule has 2 fully saturated rings. The number of nitrogens with zero attached hydrogens (tertiary/aromatic N) is 2. The van der Waals surface area contributed by atoms with Gasteiger partial charge in [-0.15, -0.1) is 0 Å². The number of guanidine groups is 1. The summed E-state index contributed by atoms with van der Waals surface area (Å²) in [7, 11) is 1.85. The molecule has 3 rings (SSSR count). The standard InChI is InChI=1S/C21H33N3O3/c1-22-21(23-12-2-4-17-6-8-18(25)9-7-17)24-13-10-19(11-14-24)27-16-20-5-3-15-26-20/h6-9,19-20,25H,2-5,10-16H2,1H3,(H,22,23). The summed E-state index contributed by atoms with van der Waals surface area (Å²) in [5.41, 5.74) is 1.24. The molecule has 2 N–H and O–H groups in total. The molecule has 0 bridgehead atoms. The number of hydrogen-bond acceptors (Lipinski definition) is 4. The summed E-state index contributed by atoms with van der Waals surface area (Å²) in [5, 5.41) is 12.8. The minimum absolute atomic E-state index is 0.311. The number of benzene rings is 1. The van der Waals surface area contributed by atoms with Crippen LogP contribution in [0.3, 0.4) is 0 Å². The molecule has 1 aromatic carbocycles. The summed E-state index contributed by atoms with van der Waals surface area (Å²) in [6.07, 6.45) is 7.07. The molecular formula is C21H33N3O3. The number of piperidine rings is 1. The highest BCUT2D eigenvalue weighted by atomic mass is 16.5. The average molecular weight is 376 g/mol. The Balaban J connectivity index is 1.31. The van der Waals surface area contributed by atoms with Gasteiger partial charge in [0.05, 0.1) is 18.8 Å². The lowest BCUT2D eigenvalue weighted by molar-refractivity contribution is -0.0367. The molecule has 150 valence electrons. The third kappa shape index (κ3) is 6.40. The topological polar surface area (TPSA) is 66.3 Å². The van der Waals surface area contributed by atoms with Crippen molar-refractivity contribution in [3.63, 3.8) is 0 Å². The fraction of sp³-hybridized carbons (Fsp3) is 0.667. The smallest absolute Gasteiger partial charge is 0.193 e. The van der Waals surface area contributed by atoms with Crippen molar-refractivity contribution in [3.8, 4) is 5.75 Å². The van der Waals surface area contributed by atoms with Gasteiger partial charge in [0.15, 0.2) is 5.96 Å². The Bertz CT molecular complexity index is 577. The number of aryl methyl sites for hydroxylation is 1. The van der Waals surface area contributed by atoms with E-state index in [2.05, 4.69) is 15.2 Å². The molecule has 0 spiro atoms. The molecule has 0 radical (unpaired) electrons. The fourth-order valence-electron chi connectivity index (χ4n) is 3.74. The number of ether oxygens (including phenoxy) is 2. The van der Waals surface area contributed by atoms with Crippen LogP contribution in [0.1, 0.15) is 37.7 Å². The van der Waals surface area contributed by atoms with Crippen molar-refractivity contribution < 1.29 is 14.6 Å². The zero-order chi connectivity index (χ0) is 18.9. The van der Waals surface area contributed by atoms with E-state index >= 15 is 0 Å². The molecule has 0 amide bonds. The van der Waals surface area contributed by atoms with Crippen molar-refractivity contribution in [3.05, 3.63) is 29.8 Å². The molecule has 6 nitrogen and oxygen atoms in total. The second-order valence-corrected chi connectivity index (χ2v) is 7.40. The molecule has 27 heavy (non-hydrogen) atoms. The molecule has 6 heteroatoms. The minimum Gasteiger partial charge on any atom is -0.508 e. The Kier molecular flexibility index (Phi) is 7.78. The van der Waals surface area contributed by atoms with Crippen molar-refractivity contribution in [2.75, 3.05) is 39.9 Å². The van der Waals surface area contributed by atoms with Crippen molar-refractivity contribution in [2.45, 2.75) is 50.7 Å². The predicted molar refractivity (Wildman–Crippen MR) is 107 cm³/mol. The van der Waals surface area contributed by atoms with E-state index in [1.807, 2.05) is 19.2 Å².